The van der Waals surface area contributed by atoms with Gasteiger partial charge in [0.25, 0.3) is 0 Å². The highest BCUT2D eigenvalue weighted by Gasteiger charge is 2.33. The summed E-state index contributed by atoms with van der Waals surface area (Å²) in [6.45, 7) is 5.49. The predicted octanol–water partition coefficient (Wildman–Crippen LogP) is 2.43. The predicted molar refractivity (Wildman–Crippen MR) is 66.3 cm³/mol. The maximum Gasteiger partial charge on any atom is 0.0625 e. The van der Waals surface area contributed by atoms with Crippen LogP contribution >= 0.6 is 0 Å². The number of nitrogens with one attached hydrogen (secondary N) is 1. The van der Waals surface area contributed by atoms with Crippen LogP contribution in [0.25, 0.3) is 0 Å². The van der Waals surface area contributed by atoms with Crippen molar-refractivity contribution in [3.8, 4) is 0 Å². The first-order valence-corrected chi connectivity index (χ1v) is 6.52. The van der Waals surface area contributed by atoms with E-state index in [1.165, 1.54) is 30.7 Å². The van der Waals surface area contributed by atoms with Gasteiger partial charge in [0.1, 0.15) is 0 Å². The van der Waals surface area contributed by atoms with Crippen LogP contribution in [0.1, 0.15) is 50.5 Å². The van der Waals surface area contributed by atoms with Crippen molar-refractivity contribution >= 4 is 0 Å². The fraction of sp³-hybridized carbons (Fsp3) is 0.769. The van der Waals surface area contributed by atoms with Gasteiger partial charge in [0, 0.05) is 7.05 Å². The second-order valence-electron chi connectivity index (χ2n) is 4.81. The van der Waals surface area contributed by atoms with Crippen LogP contribution in [0.5, 0.6) is 0 Å². The molecule has 1 fully saturated rings. The van der Waals surface area contributed by atoms with Crippen LogP contribution in [-0.2, 0) is 13.5 Å². The minimum atomic E-state index is 0.526. The Morgan fingerprint density at radius 1 is 1.50 bits per heavy atom. The van der Waals surface area contributed by atoms with Gasteiger partial charge < -0.3 is 5.32 Å². The van der Waals surface area contributed by atoms with Crippen molar-refractivity contribution in [3.05, 3.63) is 17.5 Å². The Balaban J connectivity index is 2.13. The molecule has 2 rings (SSSR count). The number of nitrogens with zero attached hydrogens (tertiary/aromatic N) is 2. The fourth-order valence-electron chi connectivity index (χ4n) is 2.25. The second-order valence-corrected chi connectivity index (χ2v) is 4.81. The molecule has 0 amide bonds. The molecule has 3 heteroatoms. The Hall–Kier alpha value is -0.830. The van der Waals surface area contributed by atoms with Gasteiger partial charge in [0.2, 0.25) is 0 Å². The van der Waals surface area contributed by atoms with Gasteiger partial charge in [0.15, 0.2) is 0 Å². The van der Waals surface area contributed by atoms with Crippen molar-refractivity contribution in [2.75, 3.05) is 6.54 Å². The van der Waals surface area contributed by atoms with E-state index in [2.05, 4.69) is 42.1 Å². The Morgan fingerprint density at radius 2 is 2.25 bits per heavy atom. The molecule has 1 N–H and O–H groups in total. The zero-order chi connectivity index (χ0) is 11.5. The zero-order valence-electron chi connectivity index (χ0n) is 10.7. The molecule has 0 bridgehead atoms. The highest BCUT2D eigenvalue weighted by atomic mass is 15.3. The Labute approximate surface area is 98.2 Å². The molecule has 0 aromatic carbocycles. The number of aromatic nitrogens is 2. The molecule has 1 aromatic heterocycles. The van der Waals surface area contributed by atoms with Crippen molar-refractivity contribution in [1.82, 2.24) is 15.1 Å². The summed E-state index contributed by atoms with van der Waals surface area (Å²) in [5.41, 5.74) is 2.58. The van der Waals surface area contributed by atoms with E-state index in [4.69, 9.17) is 0 Å². The standard InChI is InChI=1S/C13H23N3/c1-4-8-14-13(10-6-7-10)12-9-11(5-2)15-16(12)3/h9-10,13-14H,4-8H2,1-3H3. The van der Waals surface area contributed by atoms with E-state index < -0.39 is 0 Å². The van der Waals surface area contributed by atoms with Crippen LogP contribution in [0.2, 0.25) is 0 Å². The number of rotatable bonds is 6. The summed E-state index contributed by atoms with van der Waals surface area (Å²) in [4.78, 5) is 0. The molecule has 90 valence electrons. The Morgan fingerprint density at radius 3 is 2.75 bits per heavy atom. The van der Waals surface area contributed by atoms with E-state index in [-0.39, 0.29) is 0 Å². The topological polar surface area (TPSA) is 29.9 Å². The van der Waals surface area contributed by atoms with Gasteiger partial charge in [-0.3, -0.25) is 4.68 Å². The van der Waals surface area contributed by atoms with Crippen molar-refractivity contribution in [1.29, 1.82) is 0 Å². The monoisotopic (exact) mass is 221 g/mol. The summed E-state index contributed by atoms with van der Waals surface area (Å²) < 4.78 is 2.06. The SMILES string of the molecule is CCCNC(c1cc(CC)nn1C)C1CC1. The normalized spacial score (nSPS) is 17.7. The lowest BCUT2D eigenvalue weighted by atomic mass is 10.1. The molecule has 16 heavy (non-hydrogen) atoms. The average molecular weight is 221 g/mol. The molecule has 1 aromatic rings. The quantitative estimate of drug-likeness (QED) is 0.799. The third kappa shape index (κ3) is 2.46. The van der Waals surface area contributed by atoms with Gasteiger partial charge in [-0.2, -0.15) is 5.10 Å². The van der Waals surface area contributed by atoms with E-state index in [1.54, 1.807) is 0 Å². The molecule has 0 aliphatic heterocycles. The lowest BCUT2D eigenvalue weighted by Crippen LogP contribution is -2.25. The molecule has 0 radical (unpaired) electrons. The Kier molecular flexibility index (Phi) is 3.64. The number of hydrogen-bond donors (Lipinski definition) is 1. The minimum absolute atomic E-state index is 0.526. The van der Waals surface area contributed by atoms with Gasteiger partial charge in [-0.05, 0) is 44.2 Å². The van der Waals surface area contributed by atoms with Gasteiger partial charge >= 0.3 is 0 Å². The maximum absolute atomic E-state index is 4.54. The van der Waals surface area contributed by atoms with E-state index >= 15 is 0 Å². The molecule has 0 spiro atoms. The van der Waals surface area contributed by atoms with Gasteiger partial charge in [0.05, 0.1) is 17.4 Å². The summed E-state index contributed by atoms with van der Waals surface area (Å²) in [5.74, 6) is 0.839. The molecule has 1 unspecified atom stereocenters. The zero-order valence-corrected chi connectivity index (χ0v) is 10.7. The third-order valence-corrected chi connectivity index (χ3v) is 3.36. The van der Waals surface area contributed by atoms with Crippen molar-refractivity contribution in [2.45, 2.75) is 45.6 Å². The van der Waals surface area contributed by atoms with Crippen molar-refractivity contribution in [2.24, 2.45) is 13.0 Å². The third-order valence-electron chi connectivity index (χ3n) is 3.36. The van der Waals surface area contributed by atoms with Crippen LogP contribution < -0.4 is 5.32 Å². The first-order chi connectivity index (χ1) is 7.76. The van der Waals surface area contributed by atoms with E-state index in [9.17, 15) is 0 Å². The van der Waals surface area contributed by atoms with Crippen molar-refractivity contribution in [3.63, 3.8) is 0 Å². The summed E-state index contributed by atoms with van der Waals surface area (Å²) in [5, 5.41) is 8.21. The lowest BCUT2D eigenvalue weighted by Gasteiger charge is -2.18. The number of aryl methyl sites for hydroxylation is 2. The van der Waals surface area contributed by atoms with Crippen LogP contribution in [0.4, 0.5) is 0 Å². The highest BCUT2D eigenvalue weighted by Crippen LogP contribution is 2.40. The van der Waals surface area contributed by atoms with E-state index in [0.717, 1.165) is 18.9 Å². The highest BCUT2D eigenvalue weighted by molar-refractivity contribution is 5.16. The van der Waals surface area contributed by atoms with Gasteiger partial charge in [-0.25, -0.2) is 0 Å². The summed E-state index contributed by atoms with van der Waals surface area (Å²) in [6.07, 6.45) is 4.96. The first-order valence-electron chi connectivity index (χ1n) is 6.52. The van der Waals surface area contributed by atoms with E-state index in [0.29, 0.717) is 6.04 Å². The fourth-order valence-corrected chi connectivity index (χ4v) is 2.25. The van der Waals surface area contributed by atoms with Crippen LogP contribution in [0.3, 0.4) is 0 Å². The van der Waals surface area contributed by atoms with Crippen LogP contribution in [0, 0.1) is 5.92 Å². The van der Waals surface area contributed by atoms with Gasteiger partial charge in [-0.15, -0.1) is 0 Å². The molecule has 1 aliphatic carbocycles. The second kappa shape index (κ2) is 5.00. The molecule has 0 saturated heterocycles. The summed E-state index contributed by atoms with van der Waals surface area (Å²) in [7, 11) is 2.07. The lowest BCUT2D eigenvalue weighted by molar-refractivity contribution is 0.451. The molecule has 3 nitrogen and oxygen atoms in total. The number of hydrogen-bond acceptors (Lipinski definition) is 2. The smallest absolute Gasteiger partial charge is 0.0625 e. The van der Waals surface area contributed by atoms with Crippen LogP contribution in [0.15, 0.2) is 6.07 Å². The molecular formula is C13H23N3. The summed E-state index contributed by atoms with van der Waals surface area (Å²) in [6, 6.07) is 2.80. The molecule has 1 saturated carbocycles. The summed E-state index contributed by atoms with van der Waals surface area (Å²) >= 11 is 0. The van der Waals surface area contributed by atoms with Gasteiger partial charge in [-0.1, -0.05) is 13.8 Å². The molecule has 1 aliphatic rings. The Bertz CT molecular complexity index is 339. The van der Waals surface area contributed by atoms with E-state index in [1.807, 2.05) is 0 Å². The molecule has 1 atom stereocenters. The average Bonchev–Trinajstić information content (AvgIpc) is 3.04. The largest absolute Gasteiger partial charge is 0.308 e. The maximum atomic E-state index is 4.54. The van der Waals surface area contributed by atoms with Crippen LogP contribution in [-0.4, -0.2) is 16.3 Å². The first kappa shape index (κ1) is 11.6. The molecule has 1 heterocycles. The molecular weight excluding hydrogens is 198 g/mol. The minimum Gasteiger partial charge on any atom is -0.308 e. The van der Waals surface area contributed by atoms with Crippen molar-refractivity contribution < 1.29 is 0 Å².